The molecule has 1 aromatic heterocycles. The Morgan fingerprint density at radius 2 is 1.76 bits per heavy atom. The number of benzene rings is 2. The van der Waals surface area contributed by atoms with Crippen LogP contribution in [0.3, 0.4) is 0 Å². The summed E-state index contributed by atoms with van der Waals surface area (Å²) in [4.78, 5) is 16.3. The summed E-state index contributed by atoms with van der Waals surface area (Å²) in [5.74, 6) is 0.799. The van der Waals surface area contributed by atoms with E-state index in [0.717, 1.165) is 35.4 Å². The number of carbonyl (C=O) groups is 1. The molecule has 0 atom stereocenters. The highest BCUT2D eigenvalue weighted by Crippen LogP contribution is 2.23. The molecule has 1 amide bonds. The van der Waals surface area contributed by atoms with Crippen LogP contribution in [-0.2, 0) is 24.4 Å². The molecule has 0 fully saturated rings. The van der Waals surface area contributed by atoms with Crippen LogP contribution in [0.1, 0.15) is 29.7 Å². The lowest BCUT2D eigenvalue weighted by molar-refractivity contribution is -0.121. The van der Waals surface area contributed by atoms with Gasteiger partial charge in [0.05, 0.1) is 15.7 Å². The van der Waals surface area contributed by atoms with Crippen molar-refractivity contribution in [1.29, 1.82) is 0 Å². The highest BCUT2D eigenvalue weighted by molar-refractivity contribution is 6.42. The van der Waals surface area contributed by atoms with Crippen molar-refractivity contribution in [1.82, 2.24) is 10.3 Å². The minimum atomic E-state index is 0.0283. The van der Waals surface area contributed by atoms with E-state index in [-0.39, 0.29) is 5.91 Å². The van der Waals surface area contributed by atoms with Crippen LogP contribution in [0.15, 0.2) is 66.9 Å². The smallest absolute Gasteiger partial charge is 0.220 e. The second-order valence-electron chi connectivity index (χ2n) is 6.63. The van der Waals surface area contributed by atoms with Crippen LogP contribution < -0.4 is 10.1 Å². The van der Waals surface area contributed by atoms with Crippen molar-refractivity contribution in [2.24, 2.45) is 0 Å². The molecule has 1 N–H and O–H groups in total. The van der Waals surface area contributed by atoms with Crippen LogP contribution in [0, 0.1) is 0 Å². The molecule has 0 bridgehead atoms. The SMILES string of the molecule is O=C(CCCc1ccc(Cl)c(Cl)c1)NCc1ccc(OCc2ccccn2)cc1. The zero-order valence-corrected chi connectivity index (χ0v) is 17.4. The zero-order valence-electron chi connectivity index (χ0n) is 15.9. The number of carbonyl (C=O) groups excluding carboxylic acids is 1. The van der Waals surface area contributed by atoms with Crippen molar-refractivity contribution < 1.29 is 9.53 Å². The first-order valence-electron chi connectivity index (χ1n) is 9.42. The highest BCUT2D eigenvalue weighted by Gasteiger charge is 2.04. The van der Waals surface area contributed by atoms with Gasteiger partial charge in [-0.25, -0.2) is 0 Å². The number of aromatic nitrogens is 1. The summed E-state index contributed by atoms with van der Waals surface area (Å²) in [6, 6.07) is 19.0. The Kier molecular flexibility index (Phi) is 7.91. The van der Waals surface area contributed by atoms with E-state index in [1.54, 1.807) is 12.3 Å². The molecule has 6 heteroatoms. The molecule has 3 aromatic rings. The van der Waals surface area contributed by atoms with Crippen LogP contribution in [0.4, 0.5) is 0 Å². The Labute approximate surface area is 180 Å². The molecular weight excluding hydrogens is 407 g/mol. The van der Waals surface area contributed by atoms with Crippen LogP contribution in [0.25, 0.3) is 0 Å². The van der Waals surface area contributed by atoms with Crippen LogP contribution in [-0.4, -0.2) is 10.9 Å². The monoisotopic (exact) mass is 428 g/mol. The molecule has 0 aliphatic heterocycles. The van der Waals surface area contributed by atoms with Gasteiger partial charge in [-0.2, -0.15) is 0 Å². The van der Waals surface area contributed by atoms with Gasteiger partial charge in [0.2, 0.25) is 5.91 Å². The average Bonchev–Trinajstić information content (AvgIpc) is 2.75. The fourth-order valence-corrected chi connectivity index (χ4v) is 3.10. The molecule has 29 heavy (non-hydrogen) atoms. The van der Waals surface area contributed by atoms with Crippen LogP contribution >= 0.6 is 23.2 Å². The molecule has 3 rings (SSSR count). The molecule has 0 aliphatic rings. The van der Waals surface area contributed by atoms with E-state index in [0.29, 0.717) is 29.6 Å². The lowest BCUT2D eigenvalue weighted by Crippen LogP contribution is -2.22. The standard InChI is InChI=1S/C23H22Cl2N2O2/c24-21-12-9-17(14-22(21)25)4-3-6-23(28)27-15-18-7-10-20(11-8-18)29-16-19-5-1-2-13-26-19/h1-2,5,7-14H,3-4,6,15-16H2,(H,27,28). The number of amides is 1. The predicted octanol–water partition coefficient (Wildman–Crippen LogP) is 5.61. The van der Waals surface area contributed by atoms with Crippen molar-refractivity contribution in [3.05, 3.63) is 93.7 Å². The third-order valence-corrected chi connectivity index (χ3v) is 5.12. The molecule has 1 heterocycles. The Morgan fingerprint density at radius 1 is 0.966 bits per heavy atom. The summed E-state index contributed by atoms with van der Waals surface area (Å²) in [7, 11) is 0. The maximum Gasteiger partial charge on any atom is 0.220 e. The number of nitrogens with zero attached hydrogens (tertiary/aromatic N) is 1. The van der Waals surface area contributed by atoms with Gasteiger partial charge in [0, 0.05) is 19.2 Å². The highest BCUT2D eigenvalue weighted by atomic mass is 35.5. The zero-order chi connectivity index (χ0) is 20.5. The summed E-state index contributed by atoms with van der Waals surface area (Å²) in [5.41, 5.74) is 2.98. The number of ether oxygens (including phenoxy) is 1. The number of halogens is 2. The molecule has 0 saturated heterocycles. The predicted molar refractivity (Wildman–Crippen MR) is 116 cm³/mol. The first kappa shape index (κ1) is 21.2. The summed E-state index contributed by atoms with van der Waals surface area (Å²) >= 11 is 11.9. The van der Waals surface area contributed by atoms with E-state index >= 15 is 0 Å². The third kappa shape index (κ3) is 7.08. The largest absolute Gasteiger partial charge is 0.487 e. The molecule has 0 aliphatic carbocycles. The average molecular weight is 429 g/mol. The Bertz CT molecular complexity index is 931. The molecule has 0 saturated carbocycles. The first-order valence-corrected chi connectivity index (χ1v) is 10.2. The Balaban J connectivity index is 1.36. The minimum Gasteiger partial charge on any atom is -0.487 e. The van der Waals surface area contributed by atoms with Crippen molar-refractivity contribution in [3.63, 3.8) is 0 Å². The van der Waals surface area contributed by atoms with Crippen LogP contribution in [0.5, 0.6) is 5.75 Å². The molecule has 0 spiro atoms. The molecular formula is C23H22Cl2N2O2. The quantitative estimate of drug-likeness (QED) is 0.481. The van der Waals surface area contributed by atoms with E-state index in [1.165, 1.54) is 0 Å². The summed E-state index contributed by atoms with van der Waals surface area (Å²) in [6.45, 7) is 0.919. The van der Waals surface area contributed by atoms with Gasteiger partial charge in [0.1, 0.15) is 12.4 Å². The second-order valence-corrected chi connectivity index (χ2v) is 7.45. The van der Waals surface area contributed by atoms with Crippen molar-refractivity contribution in [2.75, 3.05) is 0 Å². The summed E-state index contributed by atoms with van der Waals surface area (Å²) in [6.07, 6.45) is 3.75. The Hall–Kier alpha value is -2.56. The van der Waals surface area contributed by atoms with Gasteiger partial charge in [-0.1, -0.05) is 47.5 Å². The van der Waals surface area contributed by atoms with Crippen molar-refractivity contribution in [2.45, 2.75) is 32.4 Å². The van der Waals surface area contributed by atoms with E-state index < -0.39 is 0 Å². The molecule has 0 radical (unpaired) electrons. The van der Waals surface area contributed by atoms with Crippen molar-refractivity contribution >= 4 is 29.1 Å². The van der Waals surface area contributed by atoms with Crippen molar-refractivity contribution in [3.8, 4) is 5.75 Å². The van der Waals surface area contributed by atoms with E-state index in [1.807, 2.05) is 54.6 Å². The van der Waals surface area contributed by atoms with E-state index in [2.05, 4.69) is 10.3 Å². The number of pyridine rings is 1. The molecule has 0 unspecified atom stereocenters. The number of aryl methyl sites for hydroxylation is 1. The number of hydrogen-bond donors (Lipinski definition) is 1. The Morgan fingerprint density at radius 3 is 2.48 bits per heavy atom. The van der Waals surface area contributed by atoms with Gasteiger partial charge < -0.3 is 10.1 Å². The summed E-state index contributed by atoms with van der Waals surface area (Å²) < 4.78 is 5.72. The maximum atomic E-state index is 12.1. The van der Waals surface area contributed by atoms with E-state index in [4.69, 9.17) is 27.9 Å². The minimum absolute atomic E-state index is 0.0283. The topological polar surface area (TPSA) is 51.2 Å². The summed E-state index contributed by atoms with van der Waals surface area (Å²) in [5, 5.41) is 4.03. The third-order valence-electron chi connectivity index (χ3n) is 4.38. The van der Waals surface area contributed by atoms with Gasteiger partial charge >= 0.3 is 0 Å². The van der Waals surface area contributed by atoms with Crippen LogP contribution in [0.2, 0.25) is 10.0 Å². The fourth-order valence-electron chi connectivity index (χ4n) is 2.78. The van der Waals surface area contributed by atoms with Gasteiger partial charge in [0.15, 0.2) is 0 Å². The molecule has 2 aromatic carbocycles. The van der Waals surface area contributed by atoms with E-state index in [9.17, 15) is 4.79 Å². The fraction of sp³-hybridized carbons (Fsp3) is 0.217. The first-order chi connectivity index (χ1) is 14.1. The van der Waals surface area contributed by atoms with Gasteiger partial charge in [-0.05, 0) is 60.4 Å². The second kappa shape index (κ2) is 10.8. The lowest BCUT2D eigenvalue weighted by atomic mass is 10.1. The number of nitrogens with one attached hydrogen (secondary N) is 1. The van der Waals surface area contributed by atoms with Gasteiger partial charge in [0.25, 0.3) is 0 Å². The number of rotatable bonds is 9. The maximum absolute atomic E-state index is 12.1. The lowest BCUT2D eigenvalue weighted by Gasteiger charge is -2.08. The normalized spacial score (nSPS) is 10.6. The number of hydrogen-bond acceptors (Lipinski definition) is 3. The van der Waals surface area contributed by atoms with Gasteiger partial charge in [-0.15, -0.1) is 0 Å². The molecule has 150 valence electrons. The molecule has 4 nitrogen and oxygen atoms in total. The van der Waals surface area contributed by atoms with Gasteiger partial charge in [-0.3, -0.25) is 9.78 Å².